The second kappa shape index (κ2) is 7.09. The van der Waals surface area contributed by atoms with Gasteiger partial charge in [-0.05, 0) is 29.9 Å². The molecule has 2 rings (SSSR count). The Balaban J connectivity index is 1.97. The van der Waals surface area contributed by atoms with Gasteiger partial charge in [0, 0.05) is 39.0 Å². The molecule has 0 bridgehead atoms. The van der Waals surface area contributed by atoms with E-state index in [1.165, 1.54) is 37.2 Å². The summed E-state index contributed by atoms with van der Waals surface area (Å²) in [6, 6.07) is 8.76. The van der Waals surface area contributed by atoms with Gasteiger partial charge in [-0.15, -0.1) is 0 Å². The second-order valence-corrected chi connectivity index (χ2v) is 6.45. The molecule has 0 aromatic heterocycles. The third-order valence-corrected chi connectivity index (χ3v) is 4.25. The first-order chi connectivity index (χ1) is 9.62. The van der Waals surface area contributed by atoms with E-state index < -0.39 is 0 Å². The average Bonchev–Trinajstić information content (AvgIpc) is 2.44. The van der Waals surface area contributed by atoms with Crippen LogP contribution in [0.15, 0.2) is 24.3 Å². The molecule has 1 saturated heterocycles. The van der Waals surface area contributed by atoms with Gasteiger partial charge >= 0.3 is 0 Å². The molecular formula is C17H28N2O. The van der Waals surface area contributed by atoms with E-state index in [1.54, 1.807) is 7.11 Å². The molecule has 0 amide bonds. The highest BCUT2D eigenvalue weighted by Gasteiger charge is 2.26. The summed E-state index contributed by atoms with van der Waals surface area (Å²) in [5.41, 5.74) is 3.29. The number of nitrogens with one attached hydrogen (secondary N) is 1. The van der Waals surface area contributed by atoms with Crippen LogP contribution in [0.2, 0.25) is 0 Å². The monoisotopic (exact) mass is 276 g/mol. The minimum atomic E-state index is 0.502. The van der Waals surface area contributed by atoms with Crippen LogP contribution in [0.1, 0.15) is 32.3 Å². The Hall–Kier alpha value is -1.06. The lowest BCUT2D eigenvalue weighted by Crippen LogP contribution is -2.38. The lowest BCUT2D eigenvalue weighted by Gasteiger charge is -2.39. The maximum absolute atomic E-state index is 5.08. The summed E-state index contributed by atoms with van der Waals surface area (Å²) < 4.78 is 5.08. The van der Waals surface area contributed by atoms with Gasteiger partial charge in [0.15, 0.2) is 0 Å². The zero-order valence-corrected chi connectivity index (χ0v) is 13.1. The third kappa shape index (κ3) is 4.22. The molecule has 1 fully saturated rings. The number of benzene rings is 1. The van der Waals surface area contributed by atoms with Crippen LogP contribution >= 0.6 is 0 Å². The smallest absolute Gasteiger partial charge is 0.0587 e. The predicted molar refractivity (Wildman–Crippen MR) is 85.3 cm³/mol. The number of methoxy groups -OCH3 is 1. The van der Waals surface area contributed by atoms with Crippen molar-refractivity contribution >= 4 is 5.69 Å². The topological polar surface area (TPSA) is 24.5 Å². The minimum Gasteiger partial charge on any atom is -0.383 e. The zero-order valence-electron chi connectivity index (χ0n) is 13.1. The van der Waals surface area contributed by atoms with Crippen molar-refractivity contribution < 1.29 is 4.74 Å². The lowest BCUT2D eigenvalue weighted by atomic mass is 9.82. The van der Waals surface area contributed by atoms with Crippen molar-refractivity contribution in [2.45, 2.75) is 33.2 Å². The van der Waals surface area contributed by atoms with Crippen molar-refractivity contribution in [3.05, 3.63) is 29.8 Å². The molecule has 0 saturated carbocycles. The number of ether oxygens (including phenoxy) is 1. The molecule has 1 aromatic carbocycles. The lowest BCUT2D eigenvalue weighted by molar-refractivity contribution is 0.199. The van der Waals surface area contributed by atoms with Crippen molar-refractivity contribution in [2.24, 2.45) is 5.41 Å². The standard InChI is InChI=1S/C17H28N2O/c1-17(2)8-11-19(12-9-17)16-7-5-4-6-15(16)14-18-10-13-20-3/h4-7,18H,8-14H2,1-3H3. The molecule has 1 heterocycles. The first-order valence-electron chi connectivity index (χ1n) is 7.65. The van der Waals surface area contributed by atoms with Gasteiger partial charge in [0.25, 0.3) is 0 Å². The number of hydrogen-bond donors (Lipinski definition) is 1. The molecule has 20 heavy (non-hydrogen) atoms. The van der Waals surface area contributed by atoms with Crippen molar-refractivity contribution in [3.8, 4) is 0 Å². The average molecular weight is 276 g/mol. The predicted octanol–water partition coefficient (Wildman–Crippen LogP) is 3.05. The maximum atomic E-state index is 5.08. The SMILES string of the molecule is COCCNCc1ccccc1N1CCC(C)(C)CC1. The van der Waals surface area contributed by atoms with E-state index >= 15 is 0 Å². The molecule has 112 valence electrons. The van der Waals surface area contributed by atoms with E-state index in [1.807, 2.05) is 0 Å². The number of nitrogens with zero attached hydrogens (tertiary/aromatic N) is 1. The van der Waals surface area contributed by atoms with E-state index in [0.29, 0.717) is 5.41 Å². The Morgan fingerprint density at radius 2 is 1.90 bits per heavy atom. The fourth-order valence-corrected chi connectivity index (χ4v) is 2.72. The van der Waals surface area contributed by atoms with E-state index in [-0.39, 0.29) is 0 Å². The van der Waals surface area contributed by atoms with E-state index in [2.05, 4.69) is 48.3 Å². The fraction of sp³-hybridized carbons (Fsp3) is 0.647. The maximum Gasteiger partial charge on any atom is 0.0587 e. The summed E-state index contributed by atoms with van der Waals surface area (Å²) in [7, 11) is 1.74. The second-order valence-electron chi connectivity index (χ2n) is 6.45. The van der Waals surface area contributed by atoms with Crippen LogP contribution in [0.3, 0.4) is 0 Å². The zero-order chi connectivity index (χ0) is 14.4. The minimum absolute atomic E-state index is 0.502. The summed E-state index contributed by atoms with van der Waals surface area (Å²) in [5.74, 6) is 0. The van der Waals surface area contributed by atoms with Crippen LogP contribution in [-0.4, -0.2) is 33.4 Å². The summed E-state index contributed by atoms with van der Waals surface area (Å²) in [6.45, 7) is 9.67. The Morgan fingerprint density at radius 1 is 1.20 bits per heavy atom. The van der Waals surface area contributed by atoms with Crippen LogP contribution in [0.4, 0.5) is 5.69 Å². The highest BCUT2D eigenvalue weighted by atomic mass is 16.5. The molecule has 1 aliphatic heterocycles. The Bertz CT molecular complexity index is 407. The number of rotatable bonds is 6. The van der Waals surface area contributed by atoms with Gasteiger partial charge in [0.05, 0.1) is 6.61 Å². The van der Waals surface area contributed by atoms with Gasteiger partial charge < -0.3 is 15.0 Å². The van der Waals surface area contributed by atoms with E-state index in [9.17, 15) is 0 Å². The first-order valence-corrected chi connectivity index (χ1v) is 7.65. The van der Waals surface area contributed by atoms with Gasteiger partial charge in [-0.25, -0.2) is 0 Å². The summed E-state index contributed by atoms with van der Waals surface area (Å²) >= 11 is 0. The highest BCUT2D eigenvalue weighted by molar-refractivity contribution is 5.54. The normalized spacial score (nSPS) is 18.2. The molecule has 0 spiro atoms. The number of hydrogen-bond acceptors (Lipinski definition) is 3. The summed E-state index contributed by atoms with van der Waals surface area (Å²) in [4.78, 5) is 2.54. The first kappa shape index (κ1) is 15.3. The Kier molecular flexibility index (Phi) is 5.44. The molecule has 0 unspecified atom stereocenters. The number of para-hydroxylation sites is 1. The van der Waals surface area contributed by atoms with Crippen molar-refractivity contribution in [1.29, 1.82) is 0 Å². The molecular weight excluding hydrogens is 248 g/mol. The molecule has 1 aromatic rings. The molecule has 0 atom stereocenters. The summed E-state index contributed by atoms with van der Waals surface area (Å²) in [6.07, 6.45) is 2.55. The Morgan fingerprint density at radius 3 is 2.60 bits per heavy atom. The van der Waals surface area contributed by atoms with Gasteiger partial charge in [-0.1, -0.05) is 32.0 Å². The van der Waals surface area contributed by atoms with Crippen LogP contribution in [-0.2, 0) is 11.3 Å². The van der Waals surface area contributed by atoms with E-state index in [0.717, 1.165) is 19.7 Å². The molecule has 0 radical (unpaired) electrons. The van der Waals surface area contributed by atoms with Crippen molar-refractivity contribution in [1.82, 2.24) is 5.32 Å². The van der Waals surface area contributed by atoms with Gasteiger partial charge in [-0.3, -0.25) is 0 Å². The van der Waals surface area contributed by atoms with Gasteiger partial charge in [-0.2, -0.15) is 0 Å². The molecule has 3 heteroatoms. The summed E-state index contributed by atoms with van der Waals surface area (Å²) in [5, 5.41) is 3.45. The Labute approximate surface area is 123 Å². The largest absolute Gasteiger partial charge is 0.383 e. The van der Waals surface area contributed by atoms with Crippen LogP contribution in [0.5, 0.6) is 0 Å². The van der Waals surface area contributed by atoms with Crippen molar-refractivity contribution in [3.63, 3.8) is 0 Å². The molecule has 0 aliphatic carbocycles. The van der Waals surface area contributed by atoms with Crippen LogP contribution < -0.4 is 10.2 Å². The van der Waals surface area contributed by atoms with Crippen LogP contribution in [0.25, 0.3) is 0 Å². The fourth-order valence-electron chi connectivity index (χ4n) is 2.72. The molecule has 1 aliphatic rings. The molecule has 3 nitrogen and oxygen atoms in total. The highest BCUT2D eigenvalue weighted by Crippen LogP contribution is 2.33. The number of piperidine rings is 1. The molecule has 1 N–H and O–H groups in total. The van der Waals surface area contributed by atoms with Gasteiger partial charge in [0.1, 0.15) is 0 Å². The van der Waals surface area contributed by atoms with Crippen molar-refractivity contribution in [2.75, 3.05) is 38.3 Å². The van der Waals surface area contributed by atoms with Crippen LogP contribution in [0, 0.1) is 5.41 Å². The third-order valence-electron chi connectivity index (χ3n) is 4.25. The van der Waals surface area contributed by atoms with Gasteiger partial charge in [0.2, 0.25) is 0 Å². The van der Waals surface area contributed by atoms with E-state index in [4.69, 9.17) is 4.74 Å². The quantitative estimate of drug-likeness (QED) is 0.808. The number of anilines is 1.